The molecule has 0 bridgehead atoms. The lowest BCUT2D eigenvalue weighted by molar-refractivity contribution is 0.289. The topological polar surface area (TPSA) is 33.6 Å². The molecular formula is C16H22N2OS. The van der Waals surface area contributed by atoms with Crippen molar-refractivity contribution in [2.24, 2.45) is 10.4 Å². The number of hydrogen-bond donors (Lipinski definition) is 1. The van der Waals surface area contributed by atoms with E-state index in [-0.39, 0.29) is 11.5 Å². The highest BCUT2D eigenvalue weighted by Gasteiger charge is 2.30. The highest BCUT2D eigenvalue weighted by atomic mass is 32.2. The number of amidine groups is 1. The molecule has 108 valence electrons. The van der Waals surface area contributed by atoms with Gasteiger partial charge in [-0.3, -0.25) is 4.99 Å². The lowest BCUT2D eigenvalue weighted by Crippen LogP contribution is -2.46. The Morgan fingerprint density at radius 2 is 2.10 bits per heavy atom. The highest BCUT2D eigenvalue weighted by molar-refractivity contribution is 8.13. The number of ether oxygens (including phenoxy) is 1. The van der Waals surface area contributed by atoms with E-state index in [0.29, 0.717) is 12.6 Å². The van der Waals surface area contributed by atoms with Gasteiger partial charge in [-0.1, -0.05) is 50.7 Å². The van der Waals surface area contributed by atoms with Crippen molar-refractivity contribution < 1.29 is 4.74 Å². The quantitative estimate of drug-likeness (QED) is 0.857. The molecule has 0 radical (unpaired) electrons. The van der Waals surface area contributed by atoms with Gasteiger partial charge in [-0.25, -0.2) is 0 Å². The van der Waals surface area contributed by atoms with Gasteiger partial charge in [0.2, 0.25) is 0 Å². The van der Waals surface area contributed by atoms with Crippen LogP contribution in [-0.4, -0.2) is 23.6 Å². The van der Waals surface area contributed by atoms with Gasteiger partial charge in [-0.2, -0.15) is 0 Å². The Hall–Kier alpha value is -1.16. The van der Waals surface area contributed by atoms with E-state index < -0.39 is 0 Å². The third-order valence-corrected chi connectivity index (χ3v) is 4.87. The third kappa shape index (κ3) is 2.80. The molecule has 3 nitrogen and oxygen atoms in total. The van der Waals surface area contributed by atoms with Crippen LogP contribution in [0.15, 0.2) is 29.3 Å². The fourth-order valence-electron chi connectivity index (χ4n) is 2.65. The third-order valence-electron chi connectivity index (χ3n) is 3.94. The number of rotatable bonds is 1. The molecule has 3 rings (SSSR count). The van der Waals surface area contributed by atoms with Crippen LogP contribution in [0.1, 0.15) is 38.8 Å². The number of aliphatic imine (C=N–C) groups is 1. The van der Waals surface area contributed by atoms with Gasteiger partial charge in [0.1, 0.15) is 18.4 Å². The summed E-state index contributed by atoms with van der Waals surface area (Å²) in [5.41, 5.74) is 1.48. The number of nitrogens with zero attached hydrogens (tertiary/aromatic N) is 1. The van der Waals surface area contributed by atoms with Crippen molar-refractivity contribution in [3.8, 4) is 5.75 Å². The molecule has 0 spiro atoms. The molecule has 0 aromatic heterocycles. The summed E-state index contributed by atoms with van der Waals surface area (Å²) in [7, 11) is 0. The Labute approximate surface area is 125 Å². The van der Waals surface area contributed by atoms with Gasteiger partial charge in [-0.15, -0.1) is 0 Å². The Balaban J connectivity index is 1.77. The van der Waals surface area contributed by atoms with E-state index in [1.807, 2.05) is 23.9 Å². The van der Waals surface area contributed by atoms with Crippen LogP contribution in [0.5, 0.6) is 5.75 Å². The van der Waals surface area contributed by atoms with Crippen molar-refractivity contribution in [3.63, 3.8) is 0 Å². The second-order valence-corrected chi connectivity index (χ2v) is 7.58. The molecule has 1 aromatic carbocycles. The van der Waals surface area contributed by atoms with Crippen molar-refractivity contribution in [3.05, 3.63) is 29.8 Å². The molecule has 2 aliphatic rings. The Morgan fingerprint density at radius 3 is 2.90 bits per heavy atom. The maximum atomic E-state index is 5.70. The first-order chi connectivity index (χ1) is 9.54. The van der Waals surface area contributed by atoms with Crippen LogP contribution in [0.3, 0.4) is 0 Å². The van der Waals surface area contributed by atoms with E-state index in [1.165, 1.54) is 12.0 Å². The molecular weight excluding hydrogens is 268 g/mol. The first kappa shape index (κ1) is 13.8. The van der Waals surface area contributed by atoms with Crippen molar-refractivity contribution in [2.45, 2.75) is 39.3 Å². The minimum absolute atomic E-state index is 0.139. The second-order valence-electron chi connectivity index (χ2n) is 6.50. The Kier molecular flexibility index (Phi) is 3.67. The molecule has 2 heterocycles. The van der Waals surface area contributed by atoms with E-state index in [1.54, 1.807) is 0 Å². The van der Waals surface area contributed by atoms with Crippen LogP contribution in [0, 0.1) is 5.41 Å². The van der Waals surface area contributed by atoms with Crippen LogP contribution in [0.2, 0.25) is 0 Å². The van der Waals surface area contributed by atoms with Gasteiger partial charge < -0.3 is 10.1 Å². The first-order valence-electron chi connectivity index (χ1n) is 7.23. The molecule has 0 aliphatic carbocycles. The number of hydrogen-bond acceptors (Lipinski definition) is 3. The summed E-state index contributed by atoms with van der Waals surface area (Å²) in [5.74, 6) is 2.12. The number of para-hydroxylation sites is 1. The normalized spacial score (nSPS) is 27.9. The number of fused-ring (bicyclic) bond motifs is 1. The fourth-order valence-corrected chi connectivity index (χ4v) is 3.63. The molecule has 4 heteroatoms. The molecule has 0 amide bonds. The zero-order chi connectivity index (χ0) is 14.2. The molecule has 2 aliphatic heterocycles. The second kappa shape index (κ2) is 5.32. The van der Waals surface area contributed by atoms with Gasteiger partial charge in [-0.05, 0) is 17.9 Å². The average molecular weight is 290 g/mol. The Bertz CT molecular complexity index is 521. The molecule has 20 heavy (non-hydrogen) atoms. The van der Waals surface area contributed by atoms with E-state index in [2.05, 4.69) is 38.2 Å². The maximum absolute atomic E-state index is 5.70. The lowest BCUT2D eigenvalue weighted by Gasteiger charge is -2.35. The summed E-state index contributed by atoms with van der Waals surface area (Å²) in [6.45, 7) is 7.51. The van der Waals surface area contributed by atoms with Crippen LogP contribution >= 0.6 is 11.8 Å². The largest absolute Gasteiger partial charge is 0.491 e. The number of benzene rings is 1. The Morgan fingerprint density at radius 1 is 1.30 bits per heavy atom. The van der Waals surface area contributed by atoms with Crippen molar-refractivity contribution in [1.82, 2.24) is 5.32 Å². The van der Waals surface area contributed by atoms with Crippen LogP contribution < -0.4 is 10.1 Å². The molecule has 1 aromatic rings. The van der Waals surface area contributed by atoms with Gasteiger partial charge in [0.15, 0.2) is 5.17 Å². The van der Waals surface area contributed by atoms with Crippen molar-refractivity contribution >= 4 is 16.9 Å². The zero-order valence-corrected chi connectivity index (χ0v) is 13.2. The molecule has 1 saturated heterocycles. The van der Waals surface area contributed by atoms with Gasteiger partial charge in [0.25, 0.3) is 0 Å². The minimum Gasteiger partial charge on any atom is -0.491 e. The highest BCUT2D eigenvalue weighted by Crippen LogP contribution is 2.35. The average Bonchev–Trinajstić information content (AvgIpc) is 2.82. The molecule has 2 atom stereocenters. The monoisotopic (exact) mass is 290 g/mol. The fraction of sp³-hybridized carbons (Fsp3) is 0.562. The summed E-state index contributed by atoms with van der Waals surface area (Å²) < 4.78 is 5.70. The predicted octanol–water partition coefficient (Wildman–Crippen LogP) is 3.62. The van der Waals surface area contributed by atoms with Crippen molar-refractivity contribution in [1.29, 1.82) is 0 Å². The van der Waals surface area contributed by atoms with Crippen LogP contribution in [0.25, 0.3) is 0 Å². The molecule has 1 fully saturated rings. The molecule has 0 saturated carbocycles. The van der Waals surface area contributed by atoms with E-state index in [9.17, 15) is 0 Å². The minimum atomic E-state index is 0.139. The number of thioether (sulfide) groups is 1. The lowest BCUT2D eigenvalue weighted by atomic mass is 9.85. The van der Waals surface area contributed by atoms with Gasteiger partial charge in [0.05, 0.1) is 0 Å². The standard InChI is InChI=1S/C16H22N2OS/c1-16(2,3)14-8-9-20-15(18-14)17-12-10-19-13-7-5-4-6-11(12)13/h4-7,12,14H,8-10H2,1-3H3,(H,17,18). The SMILES string of the molecule is CC(C)(C)C1CCSC(=NC2COc3ccccc32)N1. The van der Waals surface area contributed by atoms with Crippen LogP contribution in [0.4, 0.5) is 0 Å². The smallest absolute Gasteiger partial charge is 0.157 e. The summed E-state index contributed by atoms with van der Waals surface area (Å²) in [6, 6.07) is 8.85. The zero-order valence-electron chi connectivity index (χ0n) is 12.3. The van der Waals surface area contributed by atoms with Crippen molar-refractivity contribution in [2.75, 3.05) is 12.4 Å². The predicted molar refractivity (Wildman–Crippen MR) is 85.6 cm³/mol. The van der Waals surface area contributed by atoms with Gasteiger partial charge in [0, 0.05) is 17.4 Å². The summed E-state index contributed by atoms with van der Waals surface area (Å²) in [4.78, 5) is 4.88. The van der Waals surface area contributed by atoms with E-state index in [4.69, 9.17) is 9.73 Å². The van der Waals surface area contributed by atoms with E-state index in [0.717, 1.165) is 16.7 Å². The molecule has 2 unspecified atom stereocenters. The van der Waals surface area contributed by atoms with Gasteiger partial charge >= 0.3 is 0 Å². The summed E-state index contributed by atoms with van der Waals surface area (Å²) in [6.07, 6.45) is 1.20. The maximum Gasteiger partial charge on any atom is 0.157 e. The summed E-state index contributed by atoms with van der Waals surface area (Å²) >= 11 is 1.83. The van der Waals surface area contributed by atoms with Crippen LogP contribution in [-0.2, 0) is 0 Å². The summed E-state index contributed by atoms with van der Waals surface area (Å²) in [5, 5.41) is 4.68. The first-order valence-corrected chi connectivity index (χ1v) is 8.21. The molecule has 1 N–H and O–H groups in total. The number of nitrogens with one attached hydrogen (secondary N) is 1. The van der Waals surface area contributed by atoms with E-state index >= 15 is 0 Å².